The highest BCUT2D eigenvalue weighted by atomic mass is 16.6. The molecule has 2 aromatic rings. The summed E-state index contributed by atoms with van der Waals surface area (Å²) in [6, 6.07) is 4.13. The predicted octanol–water partition coefficient (Wildman–Crippen LogP) is 3.45. The third kappa shape index (κ3) is 2.14. The largest absolute Gasteiger partial charge is 0.493 e. The standard InChI is InChI=1S/C12H13N3O4/c1-2-3-6-14-10-5-4-8(15(18)19)7-9(10)11(13-17)12(14)16/h4-5,7,16H,2-3,6H2,1H3. The van der Waals surface area contributed by atoms with Crippen molar-refractivity contribution in [2.45, 2.75) is 26.3 Å². The summed E-state index contributed by atoms with van der Waals surface area (Å²) < 4.78 is 1.55. The molecule has 0 spiro atoms. The molecule has 0 unspecified atom stereocenters. The summed E-state index contributed by atoms with van der Waals surface area (Å²) in [7, 11) is 0. The Labute approximate surface area is 108 Å². The van der Waals surface area contributed by atoms with Crippen LogP contribution in [0.3, 0.4) is 0 Å². The lowest BCUT2D eigenvalue weighted by Crippen LogP contribution is -1.96. The number of nitroso groups, excluding NO2 is 1. The second-order valence-corrected chi connectivity index (χ2v) is 4.23. The Kier molecular flexibility index (Phi) is 3.46. The maximum absolute atomic E-state index is 10.8. The van der Waals surface area contributed by atoms with Crippen LogP contribution in [0.25, 0.3) is 10.9 Å². The van der Waals surface area contributed by atoms with Gasteiger partial charge >= 0.3 is 0 Å². The zero-order valence-corrected chi connectivity index (χ0v) is 10.4. The average molecular weight is 263 g/mol. The predicted molar refractivity (Wildman–Crippen MR) is 70.6 cm³/mol. The molecular formula is C12H13N3O4. The second kappa shape index (κ2) is 5.05. The van der Waals surface area contributed by atoms with Crippen molar-refractivity contribution in [2.24, 2.45) is 5.18 Å². The molecule has 0 aliphatic carbocycles. The van der Waals surface area contributed by atoms with Gasteiger partial charge in [0.25, 0.3) is 5.69 Å². The van der Waals surface area contributed by atoms with E-state index >= 15 is 0 Å². The summed E-state index contributed by atoms with van der Waals surface area (Å²) in [4.78, 5) is 21.0. The van der Waals surface area contributed by atoms with Crippen LogP contribution in [-0.2, 0) is 6.54 Å². The molecule has 100 valence electrons. The molecule has 0 saturated heterocycles. The van der Waals surface area contributed by atoms with Gasteiger partial charge in [0, 0.05) is 24.1 Å². The lowest BCUT2D eigenvalue weighted by Gasteiger charge is -2.05. The van der Waals surface area contributed by atoms with Crippen molar-refractivity contribution in [3.8, 4) is 5.88 Å². The molecule has 7 heteroatoms. The number of nitro groups is 1. The zero-order chi connectivity index (χ0) is 14.0. The summed E-state index contributed by atoms with van der Waals surface area (Å²) in [6.07, 6.45) is 1.75. The third-order valence-electron chi connectivity index (χ3n) is 3.03. The fourth-order valence-electron chi connectivity index (χ4n) is 2.06. The normalized spacial score (nSPS) is 10.8. The van der Waals surface area contributed by atoms with Gasteiger partial charge in [-0.15, -0.1) is 4.91 Å². The molecule has 2 rings (SSSR count). The van der Waals surface area contributed by atoms with Gasteiger partial charge in [0.2, 0.25) is 5.88 Å². The van der Waals surface area contributed by atoms with E-state index < -0.39 is 4.92 Å². The van der Waals surface area contributed by atoms with E-state index in [1.54, 1.807) is 4.57 Å². The molecule has 19 heavy (non-hydrogen) atoms. The van der Waals surface area contributed by atoms with Gasteiger partial charge in [-0.2, -0.15) is 0 Å². The van der Waals surface area contributed by atoms with Crippen molar-refractivity contribution in [3.05, 3.63) is 33.2 Å². The minimum Gasteiger partial charge on any atom is -0.493 e. The Hall–Kier alpha value is -2.44. The number of non-ortho nitro benzene ring substituents is 1. The van der Waals surface area contributed by atoms with Gasteiger partial charge < -0.3 is 9.67 Å². The number of aromatic nitrogens is 1. The highest BCUT2D eigenvalue weighted by Crippen LogP contribution is 2.40. The number of hydrogen-bond acceptors (Lipinski definition) is 5. The Morgan fingerprint density at radius 2 is 2.21 bits per heavy atom. The Balaban J connectivity index is 2.67. The topological polar surface area (TPSA) is 97.7 Å². The number of aromatic hydroxyl groups is 1. The van der Waals surface area contributed by atoms with Gasteiger partial charge in [-0.1, -0.05) is 13.3 Å². The molecule has 0 atom stereocenters. The van der Waals surface area contributed by atoms with Gasteiger partial charge in [0.15, 0.2) is 5.69 Å². The van der Waals surface area contributed by atoms with Crippen molar-refractivity contribution in [1.29, 1.82) is 0 Å². The van der Waals surface area contributed by atoms with E-state index in [0.29, 0.717) is 17.4 Å². The van der Waals surface area contributed by atoms with E-state index in [1.807, 2.05) is 6.92 Å². The number of nitro benzene ring substituents is 1. The number of fused-ring (bicyclic) bond motifs is 1. The molecular weight excluding hydrogens is 250 g/mol. The fraction of sp³-hybridized carbons (Fsp3) is 0.333. The van der Waals surface area contributed by atoms with Crippen molar-refractivity contribution in [3.63, 3.8) is 0 Å². The van der Waals surface area contributed by atoms with E-state index in [4.69, 9.17) is 0 Å². The van der Waals surface area contributed by atoms with Crippen LogP contribution in [0.1, 0.15) is 19.8 Å². The monoisotopic (exact) mass is 263 g/mol. The van der Waals surface area contributed by atoms with Gasteiger partial charge in [-0.25, -0.2) is 0 Å². The summed E-state index contributed by atoms with van der Waals surface area (Å²) >= 11 is 0. The first kappa shape index (κ1) is 13.0. The quantitative estimate of drug-likeness (QED) is 0.507. The number of rotatable bonds is 5. The van der Waals surface area contributed by atoms with Crippen molar-refractivity contribution in [1.82, 2.24) is 4.57 Å². The highest BCUT2D eigenvalue weighted by Gasteiger charge is 2.19. The van der Waals surface area contributed by atoms with E-state index in [0.717, 1.165) is 12.8 Å². The summed E-state index contributed by atoms with van der Waals surface area (Å²) in [5, 5.41) is 23.8. The Bertz CT molecular complexity index is 648. The molecule has 7 nitrogen and oxygen atoms in total. The van der Waals surface area contributed by atoms with Crippen LogP contribution in [-0.4, -0.2) is 14.6 Å². The number of unbranched alkanes of at least 4 members (excludes halogenated alkanes) is 1. The highest BCUT2D eigenvalue weighted by molar-refractivity contribution is 5.96. The summed E-state index contributed by atoms with van der Waals surface area (Å²) in [5.74, 6) is -0.237. The lowest BCUT2D eigenvalue weighted by atomic mass is 10.2. The number of benzene rings is 1. The van der Waals surface area contributed by atoms with Crippen LogP contribution in [0.4, 0.5) is 11.4 Å². The molecule has 0 bridgehead atoms. The molecule has 0 radical (unpaired) electrons. The molecule has 0 fully saturated rings. The Morgan fingerprint density at radius 3 is 2.79 bits per heavy atom. The SMILES string of the molecule is CCCCn1c(O)c(N=O)c2cc([N+](=O)[O-])ccc21. The fourth-order valence-corrected chi connectivity index (χ4v) is 2.06. The maximum Gasteiger partial charge on any atom is 0.270 e. The maximum atomic E-state index is 10.8. The van der Waals surface area contributed by atoms with E-state index in [-0.39, 0.29) is 17.3 Å². The first-order valence-corrected chi connectivity index (χ1v) is 5.93. The number of hydrogen-bond donors (Lipinski definition) is 1. The van der Waals surface area contributed by atoms with Crippen LogP contribution in [0.15, 0.2) is 23.4 Å². The molecule has 1 N–H and O–H groups in total. The van der Waals surface area contributed by atoms with Gasteiger partial charge in [0.05, 0.1) is 10.4 Å². The zero-order valence-electron chi connectivity index (χ0n) is 10.4. The van der Waals surface area contributed by atoms with Crippen molar-refractivity contribution < 1.29 is 10.0 Å². The first-order valence-electron chi connectivity index (χ1n) is 5.93. The van der Waals surface area contributed by atoms with E-state index in [9.17, 15) is 20.1 Å². The molecule has 0 aliphatic rings. The lowest BCUT2D eigenvalue weighted by molar-refractivity contribution is -0.384. The minimum absolute atomic E-state index is 0.134. The smallest absolute Gasteiger partial charge is 0.270 e. The van der Waals surface area contributed by atoms with Gasteiger partial charge in [0.1, 0.15) is 0 Å². The van der Waals surface area contributed by atoms with Crippen LogP contribution in [0.5, 0.6) is 5.88 Å². The van der Waals surface area contributed by atoms with E-state index in [2.05, 4.69) is 5.18 Å². The Morgan fingerprint density at radius 1 is 1.47 bits per heavy atom. The van der Waals surface area contributed by atoms with Gasteiger partial charge in [-0.3, -0.25) is 10.1 Å². The molecule has 1 heterocycles. The van der Waals surface area contributed by atoms with Crippen molar-refractivity contribution in [2.75, 3.05) is 0 Å². The third-order valence-corrected chi connectivity index (χ3v) is 3.03. The number of nitrogens with zero attached hydrogens (tertiary/aromatic N) is 3. The molecule has 1 aromatic carbocycles. The molecule has 0 amide bonds. The average Bonchev–Trinajstić information content (AvgIpc) is 2.66. The van der Waals surface area contributed by atoms with Crippen molar-refractivity contribution >= 4 is 22.3 Å². The summed E-state index contributed by atoms with van der Waals surface area (Å²) in [6.45, 7) is 2.54. The van der Waals surface area contributed by atoms with Crippen LogP contribution < -0.4 is 0 Å². The molecule has 1 aromatic heterocycles. The molecule has 0 saturated carbocycles. The van der Waals surface area contributed by atoms with E-state index in [1.165, 1.54) is 18.2 Å². The van der Waals surface area contributed by atoms with Crippen LogP contribution in [0.2, 0.25) is 0 Å². The minimum atomic E-state index is -0.547. The van der Waals surface area contributed by atoms with Gasteiger partial charge in [-0.05, 0) is 17.7 Å². The second-order valence-electron chi connectivity index (χ2n) is 4.23. The molecule has 0 aliphatic heterocycles. The number of aryl methyl sites for hydroxylation is 1. The first-order chi connectivity index (χ1) is 9.10. The van der Waals surface area contributed by atoms with Crippen LogP contribution in [0, 0.1) is 15.0 Å². The summed E-state index contributed by atoms with van der Waals surface area (Å²) in [5.41, 5.74) is 0.297. The van der Waals surface area contributed by atoms with Crippen LogP contribution >= 0.6 is 0 Å².